The molecule has 0 aliphatic rings. The summed E-state index contributed by atoms with van der Waals surface area (Å²) in [7, 11) is 0. The highest BCUT2D eigenvalue weighted by Gasteiger charge is 2.24. The summed E-state index contributed by atoms with van der Waals surface area (Å²) in [6, 6.07) is 6.75. The maximum atomic E-state index is 11.2. The SMILES string of the molecule is N#Cc1ccnc(Sc2nnc(-c3cccs3)n2N)c1[N+](=O)[O-]. The van der Waals surface area contributed by atoms with E-state index in [-0.39, 0.29) is 21.4 Å². The molecule has 0 unspecified atom stereocenters. The molecule has 0 spiro atoms. The van der Waals surface area contributed by atoms with Gasteiger partial charge in [-0.3, -0.25) is 10.1 Å². The van der Waals surface area contributed by atoms with E-state index in [9.17, 15) is 10.1 Å². The molecular weight excluding hydrogens is 338 g/mol. The number of hydrogen-bond donors (Lipinski definition) is 1. The second-order valence-corrected chi connectivity index (χ2v) is 6.04. The highest BCUT2D eigenvalue weighted by molar-refractivity contribution is 7.99. The lowest BCUT2D eigenvalue weighted by atomic mass is 10.2. The van der Waals surface area contributed by atoms with E-state index in [0.717, 1.165) is 16.6 Å². The second kappa shape index (κ2) is 6.03. The third kappa shape index (κ3) is 2.72. The highest BCUT2D eigenvalue weighted by atomic mass is 32.2. The molecule has 9 nitrogen and oxygen atoms in total. The minimum absolute atomic E-state index is 0.0332. The first-order valence-electron chi connectivity index (χ1n) is 6.07. The van der Waals surface area contributed by atoms with Crippen molar-refractivity contribution < 1.29 is 4.92 Å². The van der Waals surface area contributed by atoms with Crippen LogP contribution in [0.2, 0.25) is 0 Å². The van der Waals surface area contributed by atoms with Crippen molar-refractivity contribution in [3.05, 3.63) is 45.5 Å². The lowest BCUT2D eigenvalue weighted by molar-refractivity contribution is -0.388. The lowest BCUT2D eigenvalue weighted by Gasteiger charge is -2.03. The van der Waals surface area contributed by atoms with Crippen molar-refractivity contribution in [1.82, 2.24) is 19.9 Å². The average Bonchev–Trinajstić information content (AvgIpc) is 3.17. The smallest absolute Gasteiger partial charge is 0.319 e. The van der Waals surface area contributed by atoms with E-state index in [2.05, 4.69) is 15.2 Å². The Morgan fingerprint density at radius 1 is 1.43 bits per heavy atom. The molecule has 11 heteroatoms. The van der Waals surface area contributed by atoms with Crippen molar-refractivity contribution in [2.75, 3.05) is 5.84 Å². The Labute approximate surface area is 137 Å². The van der Waals surface area contributed by atoms with Crippen LogP contribution in [0.1, 0.15) is 5.56 Å². The molecule has 3 heterocycles. The summed E-state index contributed by atoms with van der Waals surface area (Å²) >= 11 is 2.33. The maximum absolute atomic E-state index is 11.2. The number of aromatic nitrogens is 4. The number of nitrogens with two attached hydrogens (primary N) is 1. The number of nitriles is 1. The summed E-state index contributed by atoms with van der Waals surface area (Å²) in [5.74, 6) is 6.40. The number of hydrogen-bond acceptors (Lipinski definition) is 9. The van der Waals surface area contributed by atoms with Gasteiger partial charge in [0.05, 0.1) is 9.80 Å². The Morgan fingerprint density at radius 3 is 2.91 bits per heavy atom. The fraction of sp³-hybridized carbons (Fsp3) is 0. The molecule has 0 bridgehead atoms. The van der Waals surface area contributed by atoms with Crippen LogP contribution in [0.4, 0.5) is 5.69 Å². The van der Waals surface area contributed by atoms with Gasteiger partial charge in [-0.15, -0.1) is 21.5 Å². The van der Waals surface area contributed by atoms with E-state index in [1.54, 1.807) is 6.07 Å². The molecule has 0 aliphatic heterocycles. The summed E-state index contributed by atoms with van der Waals surface area (Å²) in [5, 5.41) is 30.3. The number of nitrogen functional groups attached to an aromatic ring is 1. The van der Waals surface area contributed by atoms with E-state index in [1.165, 1.54) is 28.3 Å². The van der Waals surface area contributed by atoms with Crippen molar-refractivity contribution in [1.29, 1.82) is 5.26 Å². The van der Waals surface area contributed by atoms with Crippen LogP contribution in [0.25, 0.3) is 10.7 Å². The van der Waals surface area contributed by atoms with Gasteiger partial charge in [0.2, 0.25) is 5.16 Å². The van der Waals surface area contributed by atoms with Crippen molar-refractivity contribution in [3.63, 3.8) is 0 Å². The topological polar surface area (TPSA) is 137 Å². The molecular formula is C12H7N7O2S2. The van der Waals surface area contributed by atoms with Crippen molar-refractivity contribution in [3.8, 4) is 16.8 Å². The average molecular weight is 345 g/mol. The van der Waals surface area contributed by atoms with Crippen LogP contribution in [0, 0.1) is 21.4 Å². The molecule has 3 aromatic heterocycles. The normalized spacial score (nSPS) is 10.4. The highest BCUT2D eigenvalue weighted by Crippen LogP contribution is 2.35. The van der Waals surface area contributed by atoms with E-state index in [1.807, 2.05) is 17.5 Å². The predicted molar refractivity (Wildman–Crippen MR) is 83.2 cm³/mol. The molecule has 0 atom stereocenters. The minimum atomic E-state index is -0.648. The van der Waals surface area contributed by atoms with E-state index in [0.29, 0.717) is 5.82 Å². The minimum Gasteiger partial charge on any atom is -0.335 e. The second-order valence-electron chi connectivity index (χ2n) is 4.14. The molecule has 3 aromatic rings. The number of rotatable bonds is 4. The quantitative estimate of drug-likeness (QED) is 0.431. The van der Waals surface area contributed by atoms with Crippen molar-refractivity contribution >= 4 is 28.8 Å². The van der Waals surface area contributed by atoms with Gasteiger partial charge < -0.3 is 5.84 Å². The fourth-order valence-electron chi connectivity index (χ4n) is 1.78. The zero-order valence-electron chi connectivity index (χ0n) is 11.3. The standard InChI is InChI=1S/C12H7N7O2S2/c13-6-7-3-4-15-11(9(7)19(20)21)23-12-17-16-10(18(12)14)8-2-1-5-22-8/h1-5H,14H2. The number of pyridine rings is 1. The van der Waals surface area contributed by atoms with E-state index in [4.69, 9.17) is 11.1 Å². The number of thiophene rings is 1. The zero-order chi connectivity index (χ0) is 16.4. The molecule has 0 saturated heterocycles. The van der Waals surface area contributed by atoms with Crippen LogP contribution in [0.5, 0.6) is 0 Å². The van der Waals surface area contributed by atoms with Gasteiger partial charge in [0.1, 0.15) is 11.6 Å². The number of nitrogens with zero attached hydrogens (tertiary/aromatic N) is 6. The predicted octanol–water partition coefficient (Wildman–Crippen LogP) is 2.05. The van der Waals surface area contributed by atoms with Crippen LogP contribution in [0.3, 0.4) is 0 Å². The van der Waals surface area contributed by atoms with E-state index < -0.39 is 4.92 Å². The third-order valence-corrected chi connectivity index (χ3v) is 4.61. The monoisotopic (exact) mass is 345 g/mol. The Kier molecular flexibility index (Phi) is 3.92. The van der Waals surface area contributed by atoms with Gasteiger partial charge in [-0.2, -0.15) is 5.26 Å². The third-order valence-electron chi connectivity index (χ3n) is 2.79. The van der Waals surface area contributed by atoms with Gasteiger partial charge in [0, 0.05) is 6.20 Å². The molecule has 2 N–H and O–H groups in total. The van der Waals surface area contributed by atoms with Crippen LogP contribution in [-0.4, -0.2) is 24.8 Å². The van der Waals surface area contributed by atoms with Gasteiger partial charge in [-0.05, 0) is 29.3 Å². The van der Waals surface area contributed by atoms with Crippen LogP contribution >= 0.6 is 23.1 Å². The zero-order valence-corrected chi connectivity index (χ0v) is 12.9. The molecule has 0 amide bonds. The molecule has 0 fully saturated rings. The van der Waals surface area contributed by atoms with Crippen LogP contribution in [-0.2, 0) is 0 Å². The van der Waals surface area contributed by atoms with Crippen molar-refractivity contribution in [2.45, 2.75) is 10.2 Å². The van der Waals surface area contributed by atoms with Crippen LogP contribution in [0.15, 0.2) is 40.0 Å². The Hall–Kier alpha value is -2.97. The maximum Gasteiger partial charge on any atom is 0.319 e. The molecule has 0 aliphatic carbocycles. The summed E-state index contributed by atoms with van der Waals surface area (Å²) in [6.07, 6.45) is 1.32. The van der Waals surface area contributed by atoms with Crippen LogP contribution < -0.4 is 5.84 Å². The summed E-state index contributed by atoms with van der Waals surface area (Å²) < 4.78 is 1.24. The van der Waals surface area contributed by atoms with Gasteiger partial charge in [0.15, 0.2) is 10.9 Å². The molecule has 0 aromatic carbocycles. The summed E-state index contributed by atoms with van der Waals surface area (Å²) in [4.78, 5) is 15.3. The Balaban J connectivity index is 2.01. The van der Waals surface area contributed by atoms with Gasteiger partial charge >= 0.3 is 5.69 Å². The molecule has 0 radical (unpaired) electrons. The molecule has 3 rings (SSSR count). The van der Waals surface area contributed by atoms with Gasteiger partial charge in [0.25, 0.3) is 0 Å². The van der Waals surface area contributed by atoms with Crippen molar-refractivity contribution in [2.24, 2.45) is 0 Å². The molecule has 114 valence electrons. The summed E-state index contributed by atoms with van der Waals surface area (Å²) in [5.41, 5.74) is -0.449. The number of nitro groups is 1. The van der Waals surface area contributed by atoms with Gasteiger partial charge in [-0.1, -0.05) is 6.07 Å². The fourth-order valence-corrected chi connectivity index (χ4v) is 3.32. The molecule has 0 saturated carbocycles. The van der Waals surface area contributed by atoms with Gasteiger partial charge in [-0.25, -0.2) is 9.66 Å². The Morgan fingerprint density at radius 2 is 2.26 bits per heavy atom. The first-order valence-corrected chi connectivity index (χ1v) is 7.77. The first-order chi connectivity index (χ1) is 11.1. The van der Waals surface area contributed by atoms with E-state index >= 15 is 0 Å². The largest absolute Gasteiger partial charge is 0.335 e. The summed E-state index contributed by atoms with van der Waals surface area (Å²) in [6.45, 7) is 0. The lowest BCUT2D eigenvalue weighted by Crippen LogP contribution is -2.11. The first kappa shape index (κ1) is 14.9. The Bertz CT molecular complexity index is 914. The molecule has 23 heavy (non-hydrogen) atoms.